The first-order valence-corrected chi connectivity index (χ1v) is 10.2. The van der Waals surface area contributed by atoms with Crippen LogP contribution in [0.3, 0.4) is 0 Å². The molecule has 0 spiro atoms. The van der Waals surface area contributed by atoms with E-state index >= 15 is 0 Å². The minimum Gasteiger partial charge on any atom is -0.350 e. The summed E-state index contributed by atoms with van der Waals surface area (Å²) in [6.45, 7) is 0. The second kappa shape index (κ2) is 6.56. The van der Waals surface area contributed by atoms with E-state index in [4.69, 9.17) is 15.7 Å². The molecule has 0 fully saturated rings. The predicted octanol–water partition coefficient (Wildman–Crippen LogP) is 5.82. The maximum absolute atomic E-state index is 6.06. The number of para-hydroxylation sites is 2. The van der Waals surface area contributed by atoms with Crippen LogP contribution in [-0.4, -0.2) is 24.8 Å². The van der Waals surface area contributed by atoms with Crippen LogP contribution in [0.25, 0.3) is 54.7 Å². The van der Waals surface area contributed by atoms with Crippen molar-refractivity contribution < 1.29 is 0 Å². The van der Waals surface area contributed by atoms with Gasteiger partial charge >= 0.3 is 0 Å². The lowest BCUT2D eigenvalue weighted by atomic mass is 10.0. The van der Waals surface area contributed by atoms with E-state index in [1.54, 1.807) is 0 Å². The lowest BCUT2D eigenvalue weighted by molar-refractivity contribution is 0.973. The van der Waals surface area contributed by atoms with Gasteiger partial charge in [0.2, 0.25) is 0 Å². The van der Waals surface area contributed by atoms with E-state index in [0.717, 1.165) is 0 Å². The normalized spacial score (nSPS) is 11.9. The summed E-state index contributed by atoms with van der Waals surface area (Å²) in [6, 6.07) is 30.2. The van der Waals surface area contributed by atoms with Crippen molar-refractivity contribution in [3.63, 3.8) is 0 Å². The van der Waals surface area contributed by atoms with Gasteiger partial charge in [-0.15, -0.1) is 0 Å². The van der Waals surface area contributed by atoms with Crippen molar-refractivity contribution in [2.24, 2.45) is 0 Å². The van der Waals surface area contributed by atoms with Crippen LogP contribution < -0.4 is 0 Å². The third-order valence-corrected chi connectivity index (χ3v) is 6.24. The molecule has 138 valence electrons. The fourth-order valence-corrected chi connectivity index (χ4v) is 4.86. The number of rotatable bonds is 3. The summed E-state index contributed by atoms with van der Waals surface area (Å²) in [7, 11) is 12.1. The van der Waals surface area contributed by atoms with Crippen LogP contribution in [0.4, 0.5) is 0 Å². The monoisotopic (exact) mass is 380 g/mol. The zero-order chi connectivity index (χ0) is 20.2. The Morgan fingerprint density at radius 2 is 0.867 bits per heavy atom. The Kier molecular flexibility index (Phi) is 3.82. The van der Waals surface area contributed by atoms with Gasteiger partial charge < -0.3 is 9.13 Å². The largest absolute Gasteiger partial charge is 0.350 e. The molecule has 4 aromatic carbocycles. The molecule has 0 unspecified atom stereocenters. The van der Waals surface area contributed by atoms with Gasteiger partial charge in [0, 0.05) is 43.6 Å². The van der Waals surface area contributed by atoms with E-state index in [1.165, 1.54) is 54.7 Å². The zero-order valence-electron chi connectivity index (χ0n) is 16.5. The minimum atomic E-state index is 0.466. The van der Waals surface area contributed by atoms with Crippen molar-refractivity contribution in [1.82, 2.24) is 9.13 Å². The SMILES string of the molecule is [B]Cn1c2ccccc2c2cc(-c3ccc4c(c3)c3ccccc3n4C[B])ccc21. The third-order valence-electron chi connectivity index (χ3n) is 6.24. The van der Waals surface area contributed by atoms with Crippen LogP contribution in [0.1, 0.15) is 0 Å². The summed E-state index contributed by atoms with van der Waals surface area (Å²) in [5.41, 5.74) is 7.09. The van der Waals surface area contributed by atoms with Gasteiger partial charge in [0.05, 0.1) is 15.7 Å². The van der Waals surface area contributed by atoms with Crippen LogP contribution in [0.5, 0.6) is 0 Å². The average Bonchev–Trinajstić information content (AvgIpc) is 3.30. The lowest BCUT2D eigenvalue weighted by Gasteiger charge is -2.07. The fraction of sp³-hybridized carbons (Fsp3) is 0.0769. The minimum absolute atomic E-state index is 0.466. The van der Waals surface area contributed by atoms with Gasteiger partial charge in [0.25, 0.3) is 0 Å². The Balaban J connectivity index is 1.62. The first-order valence-electron chi connectivity index (χ1n) is 10.2. The van der Waals surface area contributed by atoms with Crippen molar-refractivity contribution in [1.29, 1.82) is 0 Å². The molecule has 4 radical (unpaired) electrons. The highest BCUT2D eigenvalue weighted by molar-refractivity contribution is 6.14. The Labute approximate surface area is 177 Å². The molecule has 2 heterocycles. The molecule has 6 aromatic rings. The Morgan fingerprint density at radius 3 is 1.30 bits per heavy atom. The second-order valence-corrected chi connectivity index (χ2v) is 7.72. The highest BCUT2D eigenvalue weighted by Gasteiger charge is 2.13. The third kappa shape index (κ3) is 2.34. The van der Waals surface area contributed by atoms with Crippen molar-refractivity contribution >= 4 is 59.3 Å². The molecule has 0 N–H and O–H groups in total. The van der Waals surface area contributed by atoms with Crippen LogP contribution in [-0.2, 0) is 12.9 Å². The van der Waals surface area contributed by atoms with E-state index in [2.05, 4.69) is 94.1 Å². The Morgan fingerprint density at radius 1 is 0.467 bits per heavy atom. The van der Waals surface area contributed by atoms with Gasteiger partial charge in [-0.25, -0.2) is 0 Å². The first kappa shape index (κ1) is 17.5. The van der Waals surface area contributed by atoms with E-state index in [-0.39, 0.29) is 0 Å². The molecule has 0 saturated heterocycles. The summed E-state index contributed by atoms with van der Waals surface area (Å²) in [4.78, 5) is 0. The van der Waals surface area contributed by atoms with E-state index in [9.17, 15) is 0 Å². The number of aromatic nitrogens is 2. The molecular weight excluding hydrogens is 362 g/mol. The molecule has 2 nitrogen and oxygen atoms in total. The number of hydrogen-bond donors (Lipinski definition) is 0. The molecule has 2 aromatic heterocycles. The van der Waals surface area contributed by atoms with Crippen molar-refractivity contribution in [2.75, 3.05) is 0 Å². The highest BCUT2D eigenvalue weighted by atomic mass is 15.0. The van der Waals surface area contributed by atoms with Gasteiger partial charge in [-0.1, -0.05) is 48.5 Å². The summed E-state index contributed by atoms with van der Waals surface area (Å²) >= 11 is 0. The molecule has 0 saturated carbocycles. The van der Waals surface area contributed by atoms with Gasteiger partial charge in [-0.05, 0) is 60.4 Å². The molecule has 30 heavy (non-hydrogen) atoms. The Hall–Kier alpha value is -3.39. The quantitative estimate of drug-likeness (QED) is 0.343. The molecule has 0 aliphatic heterocycles. The molecule has 0 atom stereocenters. The standard InChI is InChI=1S/C26H18B2N2/c27-15-29-23-7-3-1-5-19(23)21-13-17(9-11-25(21)29)18-10-12-26-22(14-18)20-6-2-4-8-24(20)30(26)16-28/h1-14H,15-16H2. The number of benzene rings is 4. The van der Waals surface area contributed by atoms with Crippen molar-refractivity contribution in [3.8, 4) is 11.1 Å². The summed E-state index contributed by atoms with van der Waals surface area (Å²) in [5.74, 6) is 0. The average molecular weight is 380 g/mol. The molecular formula is C26H18B2N2. The van der Waals surface area contributed by atoms with Gasteiger partial charge in [-0.3, -0.25) is 0 Å². The first-order chi connectivity index (χ1) is 14.8. The van der Waals surface area contributed by atoms with Gasteiger partial charge in [0.1, 0.15) is 0 Å². The molecule has 4 heteroatoms. The summed E-state index contributed by atoms with van der Waals surface area (Å²) < 4.78 is 4.35. The predicted molar refractivity (Wildman–Crippen MR) is 129 cm³/mol. The Bertz CT molecular complexity index is 1450. The summed E-state index contributed by atoms with van der Waals surface area (Å²) in [5, 5.41) is 4.94. The molecule has 6 rings (SSSR count). The van der Waals surface area contributed by atoms with Crippen LogP contribution in [0.15, 0.2) is 84.9 Å². The van der Waals surface area contributed by atoms with E-state index < -0.39 is 0 Å². The zero-order valence-corrected chi connectivity index (χ0v) is 16.5. The maximum Gasteiger partial charge on any atom is 0.0948 e. The highest BCUT2D eigenvalue weighted by Crippen LogP contribution is 2.35. The van der Waals surface area contributed by atoms with Crippen molar-refractivity contribution in [2.45, 2.75) is 12.9 Å². The number of nitrogens with zero attached hydrogens (tertiary/aromatic N) is 2. The van der Waals surface area contributed by atoms with Crippen LogP contribution >= 0.6 is 0 Å². The molecule has 0 bridgehead atoms. The van der Waals surface area contributed by atoms with Gasteiger partial charge in [-0.2, -0.15) is 0 Å². The second-order valence-electron chi connectivity index (χ2n) is 7.72. The topological polar surface area (TPSA) is 9.86 Å². The van der Waals surface area contributed by atoms with E-state index in [1.807, 2.05) is 0 Å². The number of fused-ring (bicyclic) bond motifs is 6. The number of hydrogen-bond acceptors (Lipinski definition) is 0. The molecule has 0 amide bonds. The van der Waals surface area contributed by atoms with Gasteiger partial charge in [0.15, 0.2) is 0 Å². The van der Waals surface area contributed by atoms with Crippen LogP contribution in [0, 0.1) is 0 Å². The fourth-order valence-electron chi connectivity index (χ4n) is 4.86. The van der Waals surface area contributed by atoms with Crippen LogP contribution in [0.2, 0.25) is 0 Å². The van der Waals surface area contributed by atoms with Crippen molar-refractivity contribution in [3.05, 3.63) is 84.9 Å². The molecule has 0 aliphatic carbocycles. The van der Waals surface area contributed by atoms with E-state index in [0.29, 0.717) is 12.9 Å². The summed E-state index contributed by atoms with van der Waals surface area (Å²) in [6.07, 6.45) is 0.932. The molecule has 0 aliphatic rings. The smallest absolute Gasteiger partial charge is 0.0948 e. The maximum atomic E-state index is 6.06. The lowest BCUT2D eigenvalue weighted by Crippen LogP contribution is -1.96.